The molecule has 1 N–H and O–H groups in total. The third-order valence-electron chi connectivity index (χ3n) is 5.10. The minimum Gasteiger partial charge on any atom is -0.480 e. The van der Waals surface area contributed by atoms with Crippen molar-refractivity contribution in [3.05, 3.63) is 71.8 Å². The number of benzene rings is 2. The molecule has 3 rings (SSSR count). The van der Waals surface area contributed by atoms with E-state index < -0.39 is 48.1 Å². The van der Waals surface area contributed by atoms with Gasteiger partial charge in [-0.05, 0) is 44.9 Å². The van der Waals surface area contributed by atoms with Gasteiger partial charge in [0.05, 0.1) is 6.54 Å². The van der Waals surface area contributed by atoms with E-state index >= 15 is 0 Å². The quantitative estimate of drug-likeness (QED) is 0.581. The summed E-state index contributed by atoms with van der Waals surface area (Å²) >= 11 is 0. The van der Waals surface area contributed by atoms with Gasteiger partial charge in [0.2, 0.25) is 0 Å². The fourth-order valence-electron chi connectivity index (χ4n) is 3.59. The smallest absolute Gasteiger partial charge is 0.411 e. The molecular weight excluding hydrogens is 412 g/mol. The molecule has 1 saturated heterocycles. The van der Waals surface area contributed by atoms with Gasteiger partial charge in [-0.15, -0.1) is 0 Å². The van der Waals surface area contributed by atoms with Gasteiger partial charge in [0.1, 0.15) is 12.3 Å². The van der Waals surface area contributed by atoms with E-state index in [0.29, 0.717) is 5.56 Å². The number of amides is 3. The van der Waals surface area contributed by atoms with E-state index in [-0.39, 0.29) is 12.0 Å². The lowest BCUT2D eigenvalue weighted by Crippen LogP contribution is -2.65. The zero-order valence-corrected chi connectivity index (χ0v) is 18.3. The molecule has 0 aromatic heterocycles. The molecule has 1 fully saturated rings. The molecule has 1 aliphatic heterocycles. The maximum Gasteiger partial charge on any atom is 0.411 e. The van der Waals surface area contributed by atoms with Gasteiger partial charge in [-0.1, -0.05) is 48.5 Å². The molecule has 0 aliphatic carbocycles. The predicted molar refractivity (Wildman–Crippen MR) is 116 cm³/mol. The monoisotopic (exact) mass is 438 g/mol. The number of rotatable bonds is 4. The average molecular weight is 438 g/mol. The van der Waals surface area contributed by atoms with Crippen molar-refractivity contribution in [2.24, 2.45) is 5.41 Å². The Balaban J connectivity index is 2.05. The third-order valence-corrected chi connectivity index (χ3v) is 5.10. The molecule has 1 heterocycles. The van der Waals surface area contributed by atoms with Gasteiger partial charge in [-0.3, -0.25) is 24.2 Å². The number of carbonyl (C=O) groups excluding carboxylic acids is 3. The molecule has 1 unspecified atom stereocenters. The van der Waals surface area contributed by atoms with Crippen molar-refractivity contribution in [1.82, 2.24) is 9.80 Å². The molecule has 0 bridgehead atoms. The van der Waals surface area contributed by atoms with Crippen LogP contribution in [0.4, 0.5) is 4.79 Å². The number of carboxylic acids is 1. The van der Waals surface area contributed by atoms with Crippen LogP contribution in [-0.2, 0) is 20.7 Å². The highest BCUT2D eigenvalue weighted by Gasteiger charge is 2.55. The van der Waals surface area contributed by atoms with Gasteiger partial charge < -0.3 is 9.84 Å². The largest absolute Gasteiger partial charge is 0.480 e. The molecule has 1 atom stereocenters. The lowest BCUT2D eigenvalue weighted by molar-refractivity contribution is -0.166. The Hall–Kier alpha value is -3.68. The van der Waals surface area contributed by atoms with Crippen molar-refractivity contribution in [2.75, 3.05) is 13.2 Å². The molecule has 2 aromatic carbocycles. The summed E-state index contributed by atoms with van der Waals surface area (Å²) in [4.78, 5) is 53.9. The molecule has 8 nitrogen and oxygen atoms in total. The molecule has 32 heavy (non-hydrogen) atoms. The molecule has 2 aromatic rings. The summed E-state index contributed by atoms with van der Waals surface area (Å²) in [6.07, 6.45) is -0.977. The highest BCUT2D eigenvalue weighted by Crippen LogP contribution is 2.33. The highest BCUT2D eigenvalue weighted by atomic mass is 16.6. The first-order chi connectivity index (χ1) is 15.0. The summed E-state index contributed by atoms with van der Waals surface area (Å²) < 4.78 is 5.41. The minimum absolute atomic E-state index is 0.181. The Morgan fingerprint density at radius 2 is 1.56 bits per heavy atom. The summed E-state index contributed by atoms with van der Waals surface area (Å²) in [7, 11) is 0. The number of hydrogen-bond donors (Lipinski definition) is 1. The van der Waals surface area contributed by atoms with Crippen LogP contribution >= 0.6 is 0 Å². The molecule has 0 saturated carbocycles. The fraction of sp³-hybridized carbons (Fsp3) is 0.333. The van der Waals surface area contributed by atoms with Crippen molar-refractivity contribution < 1.29 is 29.0 Å². The van der Waals surface area contributed by atoms with Gasteiger partial charge in [-0.25, -0.2) is 4.79 Å². The number of imide groups is 1. The average Bonchev–Trinajstić information content (AvgIpc) is 2.74. The SMILES string of the molecule is CC(C)(C)OC(=O)N1CN(C(=O)c2ccccc2)C(=O)C(Cc2ccccc2)(C(=O)O)C1. The number of carbonyl (C=O) groups is 4. The molecule has 0 spiro atoms. The number of hydrogen-bond acceptors (Lipinski definition) is 5. The van der Waals surface area contributed by atoms with Crippen LogP contribution in [0, 0.1) is 5.41 Å². The molecular formula is C24H26N2O6. The lowest BCUT2D eigenvalue weighted by atomic mass is 9.78. The van der Waals surface area contributed by atoms with Crippen LogP contribution < -0.4 is 0 Å². The molecule has 1 aliphatic rings. The Kier molecular flexibility index (Phi) is 6.34. The molecule has 8 heteroatoms. The van der Waals surface area contributed by atoms with Crippen LogP contribution in [0.15, 0.2) is 60.7 Å². The maximum atomic E-state index is 13.5. The second kappa shape index (κ2) is 8.82. The van der Waals surface area contributed by atoms with E-state index in [4.69, 9.17) is 4.74 Å². The number of ether oxygens (including phenoxy) is 1. The first-order valence-electron chi connectivity index (χ1n) is 10.2. The molecule has 3 amide bonds. The molecule has 168 valence electrons. The minimum atomic E-state index is -2.04. The van der Waals surface area contributed by atoms with Crippen LogP contribution in [-0.4, -0.2) is 57.6 Å². The van der Waals surface area contributed by atoms with Crippen molar-refractivity contribution in [1.29, 1.82) is 0 Å². The first-order valence-corrected chi connectivity index (χ1v) is 10.2. The second-order valence-electron chi connectivity index (χ2n) is 8.77. The lowest BCUT2D eigenvalue weighted by Gasteiger charge is -2.43. The fourth-order valence-corrected chi connectivity index (χ4v) is 3.59. The summed E-state index contributed by atoms with van der Waals surface area (Å²) in [5.41, 5.74) is -2.06. The Labute approximate surface area is 186 Å². The predicted octanol–water partition coefficient (Wildman–Crippen LogP) is 3.18. The summed E-state index contributed by atoms with van der Waals surface area (Å²) in [6, 6.07) is 16.7. The normalized spacial score (nSPS) is 18.9. The Morgan fingerprint density at radius 3 is 2.09 bits per heavy atom. The van der Waals surface area contributed by atoms with Crippen molar-refractivity contribution >= 4 is 23.9 Å². The number of aliphatic carboxylic acids is 1. The number of carboxylic acid groups (broad SMARTS) is 1. The van der Waals surface area contributed by atoms with Gasteiger partial charge in [0, 0.05) is 5.56 Å². The topological polar surface area (TPSA) is 104 Å². The van der Waals surface area contributed by atoms with Gasteiger partial charge >= 0.3 is 12.1 Å². The zero-order chi connectivity index (χ0) is 23.5. The van der Waals surface area contributed by atoms with Crippen LogP contribution in [0.2, 0.25) is 0 Å². The molecule has 0 radical (unpaired) electrons. The third kappa shape index (κ3) is 4.80. The van der Waals surface area contributed by atoms with Crippen LogP contribution in [0.1, 0.15) is 36.7 Å². The zero-order valence-electron chi connectivity index (χ0n) is 18.3. The van der Waals surface area contributed by atoms with E-state index in [1.807, 2.05) is 0 Å². The summed E-state index contributed by atoms with van der Waals surface area (Å²) in [5.74, 6) is -2.95. The summed E-state index contributed by atoms with van der Waals surface area (Å²) in [6.45, 7) is 4.23. The van der Waals surface area contributed by atoms with Crippen LogP contribution in [0.3, 0.4) is 0 Å². The van der Waals surface area contributed by atoms with Gasteiger partial charge in [-0.2, -0.15) is 0 Å². The van der Waals surface area contributed by atoms with E-state index in [9.17, 15) is 24.3 Å². The van der Waals surface area contributed by atoms with Gasteiger partial charge in [0.15, 0.2) is 5.41 Å². The standard InChI is InChI=1S/C24H26N2O6/c1-23(2,3)32-22(31)25-15-24(21(29)30,14-17-10-6-4-7-11-17)20(28)26(16-25)19(27)18-12-8-5-9-13-18/h4-13H,14-16H2,1-3H3,(H,29,30). The Bertz CT molecular complexity index is 1020. The van der Waals surface area contributed by atoms with Crippen LogP contribution in [0.25, 0.3) is 0 Å². The second-order valence-corrected chi connectivity index (χ2v) is 8.77. The van der Waals surface area contributed by atoms with E-state index in [1.54, 1.807) is 69.3 Å². The highest BCUT2D eigenvalue weighted by molar-refractivity contribution is 6.13. The maximum absolute atomic E-state index is 13.5. The Morgan fingerprint density at radius 1 is 1.00 bits per heavy atom. The van der Waals surface area contributed by atoms with E-state index in [1.165, 1.54) is 12.1 Å². The van der Waals surface area contributed by atoms with Crippen LogP contribution in [0.5, 0.6) is 0 Å². The first kappa shape index (κ1) is 23.0. The number of nitrogens with zero attached hydrogens (tertiary/aromatic N) is 2. The van der Waals surface area contributed by atoms with Gasteiger partial charge in [0.25, 0.3) is 11.8 Å². The van der Waals surface area contributed by atoms with E-state index in [2.05, 4.69) is 0 Å². The van der Waals surface area contributed by atoms with E-state index in [0.717, 1.165) is 9.80 Å². The van der Waals surface area contributed by atoms with Crippen molar-refractivity contribution in [3.63, 3.8) is 0 Å². The van der Waals surface area contributed by atoms with Crippen molar-refractivity contribution in [2.45, 2.75) is 32.8 Å². The summed E-state index contributed by atoms with van der Waals surface area (Å²) in [5, 5.41) is 10.2. The van der Waals surface area contributed by atoms with Crippen molar-refractivity contribution in [3.8, 4) is 0 Å².